The number of likely N-dealkylation sites (N-methyl/N-ethyl adjacent to an activating group) is 2. The molecule has 1 saturated heterocycles. The Morgan fingerprint density at radius 2 is 1.71 bits per heavy atom. The number of benzene rings is 2. The molecule has 3 rings (SSSR count). The number of hydrogen-bond acceptors (Lipinski definition) is 6. The van der Waals surface area contributed by atoms with Crippen molar-refractivity contribution in [3.05, 3.63) is 53.1 Å². The first-order valence-corrected chi connectivity index (χ1v) is 13.0. The van der Waals surface area contributed by atoms with Crippen molar-refractivity contribution in [2.24, 2.45) is 0 Å². The molecule has 1 N–H and O–H groups in total. The Morgan fingerprint density at radius 1 is 1.09 bits per heavy atom. The van der Waals surface area contributed by atoms with Crippen molar-refractivity contribution < 1.29 is 18.5 Å². The van der Waals surface area contributed by atoms with E-state index in [0.29, 0.717) is 19.7 Å². The quantitative estimate of drug-likeness (QED) is 0.476. The summed E-state index contributed by atoms with van der Waals surface area (Å²) >= 11 is 0. The summed E-state index contributed by atoms with van der Waals surface area (Å²) in [5, 5.41) is 2.90. The van der Waals surface area contributed by atoms with Crippen molar-refractivity contribution in [3.63, 3.8) is 0 Å². The number of carbonyl (C=O) groups is 1. The number of amides is 1. The molecule has 0 saturated carbocycles. The lowest BCUT2D eigenvalue weighted by Crippen LogP contribution is -2.44. The van der Waals surface area contributed by atoms with E-state index in [2.05, 4.69) is 46.4 Å². The topological polar surface area (TPSA) is 74.3 Å². The number of rotatable bonds is 11. The van der Waals surface area contributed by atoms with Crippen LogP contribution in [-0.2, 0) is 27.1 Å². The van der Waals surface area contributed by atoms with Crippen LogP contribution in [0.1, 0.15) is 16.7 Å². The van der Waals surface area contributed by atoms with Crippen LogP contribution in [0.5, 0.6) is 5.75 Å². The third-order valence-corrected chi connectivity index (χ3v) is 7.95. The summed E-state index contributed by atoms with van der Waals surface area (Å²) in [5.74, 6) is 0.586. The molecule has 1 atom stereocenters. The number of aryl methyl sites for hydroxylation is 2. The third kappa shape index (κ3) is 7.76. The number of methoxy groups -OCH3 is 1. The molecule has 9 heteroatoms. The smallest absolute Gasteiger partial charge is 0.246 e. The van der Waals surface area contributed by atoms with Gasteiger partial charge in [0.05, 0.1) is 18.6 Å². The molecule has 0 spiro atoms. The Labute approximate surface area is 211 Å². The van der Waals surface area contributed by atoms with Gasteiger partial charge in [0.15, 0.2) is 0 Å². The Hall–Kier alpha value is -2.46. The number of nitrogens with one attached hydrogen (secondary N) is 1. The Bertz CT molecular complexity index is 984. The number of nitrogens with zero attached hydrogens (tertiary/aromatic N) is 3. The minimum absolute atomic E-state index is 0.0273. The molecule has 1 unspecified atom stereocenters. The minimum Gasteiger partial charge on any atom is -0.497 e. The van der Waals surface area contributed by atoms with Gasteiger partial charge >= 0.3 is 0 Å². The summed E-state index contributed by atoms with van der Waals surface area (Å²) in [7, 11) is 4.24. The van der Waals surface area contributed by atoms with Gasteiger partial charge in [-0.15, -0.1) is 0 Å². The van der Waals surface area contributed by atoms with E-state index in [1.165, 1.54) is 5.69 Å². The van der Waals surface area contributed by atoms with Crippen molar-refractivity contribution in [2.75, 3.05) is 72.0 Å². The van der Waals surface area contributed by atoms with Gasteiger partial charge in [-0.05, 0) is 61.9 Å². The second-order valence-electron chi connectivity index (χ2n) is 8.98. The molecule has 8 nitrogen and oxygen atoms in total. The summed E-state index contributed by atoms with van der Waals surface area (Å²) in [6.45, 7) is 9.26. The Kier molecular flexibility index (Phi) is 10.1. The first-order valence-electron chi connectivity index (χ1n) is 11.9. The van der Waals surface area contributed by atoms with E-state index in [9.17, 15) is 9.00 Å². The van der Waals surface area contributed by atoms with Gasteiger partial charge in [0, 0.05) is 52.0 Å². The van der Waals surface area contributed by atoms with Gasteiger partial charge in [-0.2, -0.15) is 0 Å². The lowest BCUT2D eigenvalue weighted by Gasteiger charge is -2.34. The van der Waals surface area contributed by atoms with Crippen LogP contribution in [-0.4, -0.2) is 86.5 Å². The molecular weight excluding hydrogens is 464 g/mol. The van der Waals surface area contributed by atoms with Gasteiger partial charge in [-0.3, -0.25) is 4.79 Å². The minimum atomic E-state index is -1.32. The van der Waals surface area contributed by atoms with Crippen LogP contribution in [0.4, 0.5) is 5.69 Å². The van der Waals surface area contributed by atoms with Gasteiger partial charge in [0.2, 0.25) is 5.91 Å². The van der Waals surface area contributed by atoms with Gasteiger partial charge < -0.3 is 24.6 Å². The molecule has 0 aliphatic carbocycles. The van der Waals surface area contributed by atoms with E-state index in [4.69, 9.17) is 9.47 Å². The first kappa shape index (κ1) is 27.1. The maximum Gasteiger partial charge on any atom is 0.246 e. The van der Waals surface area contributed by atoms with Crippen molar-refractivity contribution in [1.29, 1.82) is 0 Å². The summed E-state index contributed by atoms with van der Waals surface area (Å²) in [5.41, 5.74) is 4.11. The molecule has 1 amide bonds. The van der Waals surface area contributed by atoms with E-state index in [1.54, 1.807) is 18.5 Å². The maximum absolute atomic E-state index is 13.0. The SMILES string of the molecule is COc1cc(C)c(S(=O)N(C)CCOCC(=O)NCc2ccc(N3CCN(C)CC3)cc2)c(C)c1. The molecule has 192 valence electrons. The Morgan fingerprint density at radius 3 is 2.31 bits per heavy atom. The Balaban J connectivity index is 1.36. The van der Waals surface area contributed by atoms with Crippen LogP contribution in [0.3, 0.4) is 0 Å². The largest absolute Gasteiger partial charge is 0.497 e. The second kappa shape index (κ2) is 13.0. The van der Waals surface area contributed by atoms with Gasteiger partial charge in [0.25, 0.3) is 0 Å². The van der Waals surface area contributed by atoms with Crippen molar-refractivity contribution >= 4 is 22.6 Å². The molecule has 0 bridgehead atoms. The van der Waals surface area contributed by atoms with Crippen molar-refractivity contribution in [1.82, 2.24) is 14.5 Å². The highest BCUT2D eigenvalue weighted by Gasteiger charge is 2.17. The van der Waals surface area contributed by atoms with Crippen LogP contribution in [0.25, 0.3) is 0 Å². The van der Waals surface area contributed by atoms with Crippen molar-refractivity contribution in [3.8, 4) is 5.75 Å². The number of anilines is 1. The summed E-state index contributed by atoms with van der Waals surface area (Å²) in [6, 6.07) is 12.1. The van der Waals surface area contributed by atoms with Crippen LogP contribution in [0.15, 0.2) is 41.3 Å². The molecular formula is C26H38N4O4S. The molecule has 0 radical (unpaired) electrons. The number of piperazine rings is 1. The first-order chi connectivity index (χ1) is 16.8. The zero-order chi connectivity index (χ0) is 25.4. The van der Waals surface area contributed by atoms with E-state index >= 15 is 0 Å². The maximum atomic E-state index is 13.0. The van der Waals surface area contributed by atoms with E-state index in [1.807, 2.05) is 26.0 Å². The zero-order valence-electron chi connectivity index (χ0n) is 21.5. The standard InChI is InChI=1S/C26H38N4O4S/c1-20-16-24(33-5)17-21(2)26(20)35(32)29(4)14-15-34-19-25(31)27-18-22-6-8-23(9-7-22)30-12-10-28(3)11-13-30/h6-9,16-17H,10-15,18-19H2,1-5H3,(H,27,31). The molecule has 2 aromatic carbocycles. The highest BCUT2D eigenvalue weighted by atomic mass is 32.2. The van der Waals surface area contributed by atoms with Crippen LogP contribution in [0.2, 0.25) is 0 Å². The van der Waals surface area contributed by atoms with Crippen LogP contribution < -0.4 is 15.0 Å². The predicted molar refractivity (Wildman–Crippen MR) is 140 cm³/mol. The van der Waals surface area contributed by atoms with Crippen molar-refractivity contribution in [2.45, 2.75) is 25.3 Å². The fourth-order valence-electron chi connectivity index (χ4n) is 4.04. The average molecular weight is 503 g/mol. The second-order valence-corrected chi connectivity index (χ2v) is 10.5. The molecule has 35 heavy (non-hydrogen) atoms. The van der Waals surface area contributed by atoms with Crippen LogP contribution >= 0.6 is 0 Å². The average Bonchev–Trinajstić information content (AvgIpc) is 2.85. The summed E-state index contributed by atoms with van der Waals surface area (Å²) < 4.78 is 25.5. The number of ether oxygens (including phenoxy) is 2. The number of hydrogen-bond donors (Lipinski definition) is 1. The lowest BCUT2D eigenvalue weighted by molar-refractivity contribution is -0.125. The van der Waals surface area contributed by atoms with Gasteiger partial charge in [-0.25, -0.2) is 8.51 Å². The molecule has 1 aliphatic rings. The van der Waals surface area contributed by atoms with E-state index in [0.717, 1.165) is 53.5 Å². The fraction of sp³-hybridized carbons (Fsp3) is 0.500. The highest BCUT2D eigenvalue weighted by Crippen LogP contribution is 2.25. The molecule has 0 aromatic heterocycles. The van der Waals surface area contributed by atoms with E-state index in [-0.39, 0.29) is 12.5 Å². The van der Waals surface area contributed by atoms with Crippen LogP contribution in [0, 0.1) is 13.8 Å². The molecule has 1 heterocycles. The third-order valence-electron chi connectivity index (χ3n) is 6.21. The fourth-order valence-corrected chi connectivity index (χ4v) is 5.26. The molecule has 1 aliphatic heterocycles. The normalized spacial score (nSPS) is 15.3. The number of carbonyl (C=O) groups excluding carboxylic acids is 1. The highest BCUT2D eigenvalue weighted by molar-refractivity contribution is 7.82. The summed E-state index contributed by atoms with van der Waals surface area (Å²) in [4.78, 5) is 17.7. The zero-order valence-corrected chi connectivity index (χ0v) is 22.3. The molecule has 1 fully saturated rings. The predicted octanol–water partition coefficient (Wildman–Crippen LogP) is 2.35. The lowest BCUT2D eigenvalue weighted by atomic mass is 10.1. The van der Waals surface area contributed by atoms with Gasteiger partial charge in [-0.1, -0.05) is 12.1 Å². The molecule has 2 aromatic rings. The van der Waals surface area contributed by atoms with Gasteiger partial charge in [0.1, 0.15) is 23.3 Å². The summed E-state index contributed by atoms with van der Waals surface area (Å²) in [6.07, 6.45) is 0. The van der Waals surface area contributed by atoms with E-state index < -0.39 is 11.0 Å². The monoisotopic (exact) mass is 502 g/mol.